The van der Waals surface area contributed by atoms with Gasteiger partial charge < -0.3 is 4.98 Å². The number of nitrogens with one attached hydrogen (secondary N) is 1. The number of nitrogens with zero attached hydrogens (tertiary/aromatic N) is 1. The minimum atomic E-state index is 0.735. The summed E-state index contributed by atoms with van der Waals surface area (Å²) in [6.07, 6.45) is 11.0. The van der Waals surface area contributed by atoms with E-state index >= 15 is 0 Å². The summed E-state index contributed by atoms with van der Waals surface area (Å²) in [6.45, 7) is 4.68. The van der Waals surface area contributed by atoms with E-state index in [2.05, 4.69) is 59.4 Å². The minimum absolute atomic E-state index is 0.735. The monoisotopic (exact) mass is 280 g/mol. The average molecular weight is 280 g/mol. The molecule has 1 saturated heterocycles. The van der Waals surface area contributed by atoms with Crippen LogP contribution in [-0.4, -0.2) is 22.5 Å². The fourth-order valence-electron chi connectivity index (χ4n) is 4.35. The van der Waals surface area contributed by atoms with Crippen LogP contribution in [-0.2, 0) is 6.54 Å². The van der Waals surface area contributed by atoms with E-state index < -0.39 is 0 Å². The van der Waals surface area contributed by atoms with Gasteiger partial charge in [-0.15, -0.1) is 0 Å². The second-order valence-corrected chi connectivity index (χ2v) is 6.68. The fraction of sp³-hybridized carbons (Fsp3) is 0.474. The Bertz CT molecular complexity index is 654. The van der Waals surface area contributed by atoms with Crippen LogP contribution < -0.4 is 0 Å². The number of rotatable bonds is 3. The first-order valence-electron chi connectivity index (χ1n) is 8.31. The van der Waals surface area contributed by atoms with E-state index in [1.807, 2.05) is 0 Å². The van der Waals surface area contributed by atoms with Gasteiger partial charge in [-0.05, 0) is 36.3 Å². The second-order valence-electron chi connectivity index (χ2n) is 6.68. The van der Waals surface area contributed by atoms with Crippen molar-refractivity contribution in [1.82, 2.24) is 9.88 Å². The molecule has 0 radical (unpaired) electrons. The van der Waals surface area contributed by atoms with Crippen LogP contribution in [0.3, 0.4) is 0 Å². The molecule has 5 rings (SSSR count). The zero-order chi connectivity index (χ0) is 14.2. The van der Waals surface area contributed by atoms with Gasteiger partial charge >= 0.3 is 0 Å². The Balaban J connectivity index is 1.62. The number of piperidine rings is 1. The topological polar surface area (TPSA) is 19.0 Å². The first-order valence-corrected chi connectivity index (χ1v) is 8.31. The van der Waals surface area contributed by atoms with Crippen molar-refractivity contribution < 1.29 is 0 Å². The van der Waals surface area contributed by atoms with Gasteiger partial charge in [-0.3, -0.25) is 4.90 Å². The predicted octanol–water partition coefficient (Wildman–Crippen LogP) is 4.34. The van der Waals surface area contributed by atoms with E-state index in [-0.39, 0.29) is 0 Å². The second kappa shape index (κ2) is 5.34. The number of aromatic nitrogens is 1. The lowest BCUT2D eigenvalue weighted by Gasteiger charge is -2.42. The number of H-pyrrole nitrogens is 1. The van der Waals surface area contributed by atoms with Crippen molar-refractivity contribution in [3.05, 3.63) is 48.2 Å². The van der Waals surface area contributed by atoms with Crippen molar-refractivity contribution in [2.45, 2.75) is 38.8 Å². The molecule has 1 fully saturated rings. The van der Waals surface area contributed by atoms with Crippen molar-refractivity contribution in [3.8, 4) is 0 Å². The average Bonchev–Trinajstić information content (AvgIpc) is 2.70. The molecule has 3 unspecified atom stereocenters. The summed E-state index contributed by atoms with van der Waals surface area (Å²) in [5, 5.41) is 1.39. The van der Waals surface area contributed by atoms with Gasteiger partial charge in [0.1, 0.15) is 0 Å². The molecule has 2 bridgehead atoms. The van der Waals surface area contributed by atoms with E-state index in [4.69, 9.17) is 0 Å². The summed E-state index contributed by atoms with van der Waals surface area (Å²) < 4.78 is 0. The van der Waals surface area contributed by atoms with Crippen molar-refractivity contribution in [1.29, 1.82) is 0 Å². The summed E-state index contributed by atoms with van der Waals surface area (Å²) in [6, 6.07) is 9.40. The zero-order valence-corrected chi connectivity index (χ0v) is 12.8. The molecule has 1 aromatic heterocycles. The summed E-state index contributed by atoms with van der Waals surface area (Å²) in [5.41, 5.74) is 2.71. The molecule has 1 aromatic carbocycles. The molecule has 1 aliphatic carbocycles. The number of hydrogen-bond acceptors (Lipinski definition) is 1. The number of hydrogen-bond donors (Lipinski definition) is 1. The SMILES string of the molecule is CCC1CC2C=CCC1N(Cc1c[nH]c3ccccc13)C2. The number of fused-ring (bicyclic) bond motifs is 4. The van der Waals surface area contributed by atoms with Gasteiger partial charge in [-0.25, -0.2) is 0 Å². The summed E-state index contributed by atoms with van der Waals surface area (Å²) in [7, 11) is 0. The third-order valence-corrected chi connectivity index (χ3v) is 5.45. The Morgan fingerprint density at radius 3 is 3.10 bits per heavy atom. The normalized spacial score (nSPS) is 29.1. The molecule has 0 amide bonds. The van der Waals surface area contributed by atoms with Gasteiger partial charge in [0.15, 0.2) is 0 Å². The van der Waals surface area contributed by atoms with E-state index in [0.29, 0.717) is 0 Å². The zero-order valence-electron chi connectivity index (χ0n) is 12.8. The maximum absolute atomic E-state index is 3.42. The van der Waals surface area contributed by atoms with Crippen molar-refractivity contribution >= 4 is 10.9 Å². The maximum Gasteiger partial charge on any atom is 0.0457 e. The molecule has 1 N–H and O–H groups in total. The highest BCUT2D eigenvalue weighted by molar-refractivity contribution is 5.82. The maximum atomic E-state index is 3.42. The van der Waals surface area contributed by atoms with E-state index in [9.17, 15) is 0 Å². The third kappa shape index (κ3) is 2.32. The van der Waals surface area contributed by atoms with Gasteiger partial charge in [-0.2, -0.15) is 0 Å². The van der Waals surface area contributed by atoms with E-state index in [0.717, 1.165) is 24.4 Å². The molecule has 2 heteroatoms. The highest BCUT2D eigenvalue weighted by Crippen LogP contribution is 2.36. The van der Waals surface area contributed by atoms with E-state index in [1.165, 1.54) is 42.3 Å². The van der Waals surface area contributed by atoms with Crippen molar-refractivity contribution in [2.75, 3.05) is 6.54 Å². The predicted molar refractivity (Wildman–Crippen MR) is 88.1 cm³/mol. The minimum Gasteiger partial charge on any atom is -0.361 e. The lowest BCUT2D eigenvalue weighted by molar-refractivity contribution is 0.0687. The first-order chi connectivity index (χ1) is 10.3. The molecule has 110 valence electrons. The Morgan fingerprint density at radius 1 is 1.29 bits per heavy atom. The Morgan fingerprint density at radius 2 is 2.19 bits per heavy atom. The molecule has 21 heavy (non-hydrogen) atoms. The highest BCUT2D eigenvalue weighted by Gasteiger charge is 2.35. The number of aromatic amines is 1. The molecule has 2 aliphatic heterocycles. The largest absolute Gasteiger partial charge is 0.361 e. The van der Waals surface area contributed by atoms with Crippen LogP contribution in [0, 0.1) is 11.8 Å². The van der Waals surface area contributed by atoms with Crippen LogP contribution in [0.25, 0.3) is 10.9 Å². The lowest BCUT2D eigenvalue weighted by atomic mass is 9.82. The molecule has 2 nitrogen and oxygen atoms in total. The molecule has 3 heterocycles. The molecule has 2 aromatic rings. The molecule has 0 spiro atoms. The molecular formula is C19H24N2. The highest BCUT2D eigenvalue weighted by atomic mass is 15.2. The van der Waals surface area contributed by atoms with Crippen LogP contribution in [0.4, 0.5) is 0 Å². The van der Waals surface area contributed by atoms with Crippen LogP contribution >= 0.6 is 0 Å². The summed E-state index contributed by atoms with van der Waals surface area (Å²) >= 11 is 0. The van der Waals surface area contributed by atoms with Gasteiger partial charge in [0, 0.05) is 36.2 Å². The Hall–Kier alpha value is -1.54. The first kappa shape index (κ1) is 13.1. The summed E-state index contributed by atoms with van der Waals surface area (Å²) in [5.74, 6) is 1.63. The molecular weight excluding hydrogens is 256 g/mol. The number of benzene rings is 1. The smallest absolute Gasteiger partial charge is 0.0457 e. The van der Waals surface area contributed by atoms with Gasteiger partial charge in [0.25, 0.3) is 0 Å². The van der Waals surface area contributed by atoms with Crippen LogP contribution in [0.2, 0.25) is 0 Å². The van der Waals surface area contributed by atoms with Crippen molar-refractivity contribution in [2.24, 2.45) is 11.8 Å². The molecule has 0 saturated carbocycles. The number of para-hydroxylation sites is 1. The molecule has 3 atom stereocenters. The molecule has 3 aliphatic rings. The Labute approximate surface area is 126 Å². The van der Waals surface area contributed by atoms with Crippen LogP contribution in [0.5, 0.6) is 0 Å². The van der Waals surface area contributed by atoms with E-state index in [1.54, 1.807) is 0 Å². The van der Waals surface area contributed by atoms with Gasteiger partial charge in [0.05, 0.1) is 0 Å². The quantitative estimate of drug-likeness (QED) is 0.828. The van der Waals surface area contributed by atoms with Crippen LogP contribution in [0.15, 0.2) is 42.6 Å². The fourth-order valence-corrected chi connectivity index (χ4v) is 4.35. The third-order valence-electron chi connectivity index (χ3n) is 5.45. The van der Waals surface area contributed by atoms with Crippen LogP contribution in [0.1, 0.15) is 31.7 Å². The summed E-state index contributed by atoms with van der Waals surface area (Å²) in [4.78, 5) is 6.15. The van der Waals surface area contributed by atoms with Gasteiger partial charge in [-0.1, -0.05) is 43.7 Å². The lowest BCUT2D eigenvalue weighted by Crippen LogP contribution is -2.46. The van der Waals surface area contributed by atoms with Crippen molar-refractivity contribution in [3.63, 3.8) is 0 Å². The van der Waals surface area contributed by atoms with Gasteiger partial charge in [0.2, 0.25) is 0 Å². The standard InChI is InChI=1S/C19H24N2/c1-2-15-10-14-6-5-9-19(15)21(12-14)13-16-11-20-18-8-4-3-7-17(16)18/h3-8,11,14-15,19-20H,2,9-10,12-13H2,1H3. The Kier molecular flexibility index (Phi) is 3.34.